The topological polar surface area (TPSA) is 12.4 Å². The molecule has 0 unspecified atom stereocenters. The van der Waals surface area contributed by atoms with Crippen molar-refractivity contribution in [1.82, 2.24) is 0 Å². The molecule has 1 nitrogen and oxygen atoms in total. The maximum atomic E-state index is 11.4. The highest BCUT2D eigenvalue weighted by atomic mass is 35.5. The van der Waals surface area contributed by atoms with Gasteiger partial charge in [-0.3, -0.25) is 4.99 Å². The zero-order valence-corrected chi connectivity index (χ0v) is 5.82. The van der Waals surface area contributed by atoms with Crippen molar-refractivity contribution in [3.63, 3.8) is 0 Å². The Morgan fingerprint density at radius 3 is 2.67 bits per heavy atom. The molecule has 0 saturated carbocycles. The van der Waals surface area contributed by atoms with Gasteiger partial charge in [0.05, 0.1) is 5.03 Å². The predicted molar refractivity (Wildman–Crippen MR) is 38.4 cm³/mol. The van der Waals surface area contributed by atoms with Crippen LogP contribution in [-0.2, 0) is 0 Å². The average molecular weight is 148 g/mol. The number of halogens is 2. The van der Waals surface area contributed by atoms with E-state index in [1.54, 1.807) is 6.92 Å². The van der Waals surface area contributed by atoms with Gasteiger partial charge in [0.15, 0.2) is 0 Å². The van der Waals surface area contributed by atoms with E-state index in [0.29, 0.717) is 5.70 Å². The Labute approximate surface area is 58.5 Å². The van der Waals surface area contributed by atoms with Gasteiger partial charge in [0, 0.05) is 11.9 Å². The average Bonchev–Trinajstić information content (AvgIpc) is 1.83. The molecule has 0 amide bonds. The smallest absolute Gasteiger partial charge is 0.107 e. The van der Waals surface area contributed by atoms with E-state index in [0.717, 1.165) is 0 Å². The van der Waals surface area contributed by atoms with Crippen molar-refractivity contribution >= 4 is 17.8 Å². The third-order valence-corrected chi connectivity index (χ3v) is 0.693. The molecule has 0 aromatic rings. The normalized spacial score (nSPS) is 12.6. The summed E-state index contributed by atoms with van der Waals surface area (Å²) in [7, 11) is 0. The van der Waals surface area contributed by atoms with Gasteiger partial charge in [-0.2, -0.15) is 0 Å². The van der Waals surface area contributed by atoms with Gasteiger partial charge in [-0.05, 0) is 6.92 Å². The highest BCUT2D eigenvalue weighted by Crippen LogP contribution is 1.98. The van der Waals surface area contributed by atoms with Crippen LogP contribution in [0.2, 0.25) is 0 Å². The molecular weight excluding hydrogens is 141 g/mol. The molecule has 0 N–H and O–H groups in total. The number of aliphatic imine (C=N–C) groups is 1. The lowest BCUT2D eigenvalue weighted by Crippen LogP contribution is -1.71. The van der Waals surface area contributed by atoms with Crippen LogP contribution in [0.15, 0.2) is 28.6 Å². The van der Waals surface area contributed by atoms with Crippen molar-refractivity contribution in [2.45, 2.75) is 6.92 Å². The van der Waals surface area contributed by atoms with Crippen molar-refractivity contribution in [1.29, 1.82) is 0 Å². The minimum atomic E-state index is -0.0296. The Bertz CT molecular complexity index is 160. The number of hydrogen-bond acceptors (Lipinski definition) is 1. The Hall–Kier alpha value is -0.630. The molecule has 0 aromatic heterocycles. The summed E-state index contributed by atoms with van der Waals surface area (Å²) in [6.45, 7) is 5.15. The standard InChI is InChI=1S/C6H7ClFN/c1-5(2)9-4-6(7)3-8/h3-4H,1H2,2H3/b6-3+,9-4?. The van der Waals surface area contributed by atoms with Gasteiger partial charge in [-0.15, -0.1) is 0 Å². The van der Waals surface area contributed by atoms with Crippen LogP contribution < -0.4 is 0 Å². The van der Waals surface area contributed by atoms with Crippen molar-refractivity contribution in [2.24, 2.45) is 4.99 Å². The first-order valence-corrected chi connectivity index (χ1v) is 2.70. The summed E-state index contributed by atoms with van der Waals surface area (Å²) in [5.41, 5.74) is 0.593. The third-order valence-electron chi connectivity index (χ3n) is 0.513. The van der Waals surface area contributed by atoms with Gasteiger partial charge in [0.25, 0.3) is 0 Å². The molecule has 0 aliphatic rings. The van der Waals surface area contributed by atoms with E-state index in [4.69, 9.17) is 11.6 Å². The van der Waals surface area contributed by atoms with Crippen molar-refractivity contribution < 1.29 is 4.39 Å². The summed E-state index contributed by atoms with van der Waals surface area (Å²) in [6.07, 6.45) is 1.47. The van der Waals surface area contributed by atoms with Gasteiger partial charge >= 0.3 is 0 Å². The summed E-state index contributed by atoms with van der Waals surface area (Å²) in [4.78, 5) is 3.64. The Morgan fingerprint density at radius 2 is 2.33 bits per heavy atom. The van der Waals surface area contributed by atoms with Crippen LogP contribution in [0.3, 0.4) is 0 Å². The fraction of sp³-hybridized carbons (Fsp3) is 0.167. The molecule has 0 radical (unpaired) electrons. The monoisotopic (exact) mass is 147 g/mol. The third kappa shape index (κ3) is 5.24. The minimum Gasteiger partial charge on any atom is -0.261 e. The van der Waals surface area contributed by atoms with Gasteiger partial charge in [0.1, 0.15) is 6.33 Å². The molecule has 0 atom stereocenters. The van der Waals surface area contributed by atoms with Crippen LogP contribution in [0.5, 0.6) is 0 Å². The first-order chi connectivity index (χ1) is 4.16. The zero-order valence-electron chi connectivity index (χ0n) is 5.06. The number of rotatable bonds is 2. The molecule has 0 aliphatic heterocycles. The molecule has 0 saturated heterocycles. The van der Waals surface area contributed by atoms with Crippen LogP contribution in [0, 0.1) is 0 Å². The molecule has 9 heavy (non-hydrogen) atoms. The molecule has 0 rings (SSSR count). The second kappa shape index (κ2) is 4.27. The molecule has 0 spiro atoms. The first-order valence-electron chi connectivity index (χ1n) is 2.32. The van der Waals surface area contributed by atoms with Crippen molar-refractivity contribution in [3.05, 3.63) is 23.6 Å². The lowest BCUT2D eigenvalue weighted by Gasteiger charge is -1.83. The summed E-state index contributed by atoms with van der Waals surface area (Å²) >= 11 is 5.21. The SMILES string of the molecule is C=C(C)N=C/C(Cl)=C\F. The highest BCUT2D eigenvalue weighted by Gasteiger charge is 1.81. The van der Waals surface area contributed by atoms with E-state index in [2.05, 4.69) is 11.6 Å². The molecule has 3 heteroatoms. The second-order valence-corrected chi connectivity index (χ2v) is 1.92. The molecule has 50 valence electrons. The van der Waals surface area contributed by atoms with E-state index >= 15 is 0 Å². The van der Waals surface area contributed by atoms with Gasteiger partial charge < -0.3 is 0 Å². The van der Waals surface area contributed by atoms with Crippen LogP contribution in [0.25, 0.3) is 0 Å². The van der Waals surface area contributed by atoms with Crippen LogP contribution in [-0.4, -0.2) is 6.21 Å². The summed E-state index contributed by atoms with van der Waals surface area (Å²) in [6, 6.07) is 0. The largest absolute Gasteiger partial charge is 0.261 e. The Morgan fingerprint density at radius 1 is 1.78 bits per heavy atom. The fourth-order valence-corrected chi connectivity index (χ4v) is 0.249. The van der Waals surface area contributed by atoms with E-state index in [9.17, 15) is 4.39 Å². The number of hydrogen-bond donors (Lipinski definition) is 0. The Balaban J connectivity index is 3.86. The van der Waals surface area contributed by atoms with E-state index in [1.807, 2.05) is 0 Å². The molecule has 0 bridgehead atoms. The van der Waals surface area contributed by atoms with E-state index in [1.165, 1.54) is 6.21 Å². The zero-order chi connectivity index (χ0) is 7.28. The summed E-state index contributed by atoms with van der Waals surface area (Å²) < 4.78 is 11.4. The molecular formula is C6H7ClFN. The van der Waals surface area contributed by atoms with E-state index < -0.39 is 0 Å². The molecule has 0 fully saturated rings. The predicted octanol–water partition coefficient (Wildman–Crippen LogP) is 2.64. The second-order valence-electron chi connectivity index (χ2n) is 1.49. The van der Waals surface area contributed by atoms with E-state index in [-0.39, 0.29) is 11.4 Å². The molecule has 0 heterocycles. The fourth-order valence-electron chi connectivity index (χ4n) is 0.200. The van der Waals surface area contributed by atoms with Crippen LogP contribution in [0.4, 0.5) is 4.39 Å². The summed E-state index contributed by atoms with van der Waals surface area (Å²) in [5, 5.41) is -0.0296. The van der Waals surface area contributed by atoms with Crippen molar-refractivity contribution in [2.75, 3.05) is 0 Å². The molecule has 0 aliphatic carbocycles. The quantitative estimate of drug-likeness (QED) is 0.533. The maximum absolute atomic E-state index is 11.4. The summed E-state index contributed by atoms with van der Waals surface area (Å²) in [5.74, 6) is 0. The lowest BCUT2D eigenvalue weighted by molar-refractivity contribution is 0.720. The first kappa shape index (κ1) is 8.37. The van der Waals surface area contributed by atoms with Gasteiger partial charge in [-0.25, -0.2) is 4.39 Å². The van der Waals surface area contributed by atoms with Crippen molar-refractivity contribution in [3.8, 4) is 0 Å². The van der Waals surface area contributed by atoms with Gasteiger partial charge in [0.2, 0.25) is 0 Å². The maximum Gasteiger partial charge on any atom is 0.107 e. The highest BCUT2D eigenvalue weighted by molar-refractivity contribution is 6.39. The van der Waals surface area contributed by atoms with Crippen LogP contribution >= 0.6 is 11.6 Å². The van der Waals surface area contributed by atoms with Crippen LogP contribution in [0.1, 0.15) is 6.92 Å². The Kier molecular flexibility index (Phi) is 3.97. The minimum absolute atomic E-state index is 0.0296. The van der Waals surface area contributed by atoms with Gasteiger partial charge in [-0.1, -0.05) is 18.2 Å². The molecule has 0 aromatic carbocycles. The number of allylic oxidation sites excluding steroid dienone is 2. The number of nitrogens with zero attached hydrogens (tertiary/aromatic N) is 1. The lowest BCUT2D eigenvalue weighted by atomic mass is 10.6.